The number of hydrogen-bond acceptors (Lipinski definition) is 4. The van der Waals surface area contributed by atoms with Crippen molar-refractivity contribution in [2.24, 2.45) is 0 Å². The zero-order valence-electron chi connectivity index (χ0n) is 11.3. The molecule has 0 radical (unpaired) electrons. The number of nitrogens with two attached hydrogens (primary N) is 1. The van der Waals surface area contributed by atoms with E-state index in [1.165, 1.54) is 6.07 Å². The number of nitrogen functional groups attached to an aromatic ring is 1. The number of ether oxygens (including phenoxy) is 1. The van der Waals surface area contributed by atoms with Crippen LogP contribution in [0.5, 0.6) is 0 Å². The Bertz CT molecular complexity index is 527. The molecule has 1 aliphatic rings. The van der Waals surface area contributed by atoms with E-state index in [2.05, 4.69) is 15.9 Å². The predicted molar refractivity (Wildman–Crippen MR) is 79.2 cm³/mol. The van der Waals surface area contributed by atoms with Crippen LogP contribution in [0, 0.1) is 0 Å². The molecule has 2 rings (SSSR count). The summed E-state index contributed by atoms with van der Waals surface area (Å²) in [6, 6.07) is 4.81. The minimum absolute atomic E-state index is 0.138. The molecule has 1 saturated heterocycles. The molecule has 1 aliphatic heterocycles. The first-order valence-electron chi connectivity index (χ1n) is 6.54. The Morgan fingerprint density at radius 3 is 2.60 bits per heavy atom. The standard InChI is InChI=1S/C14H17BrN2O3/c1-9(13(18)17-6-2-3-7-17)20-14(19)10-4-5-11(15)12(16)8-10/h4-5,8-9H,2-3,6-7,16H2,1H3. The Balaban J connectivity index is 1.99. The third-order valence-corrected chi connectivity index (χ3v) is 4.00. The van der Waals surface area contributed by atoms with Crippen LogP contribution < -0.4 is 5.73 Å². The van der Waals surface area contributed by atoms with E-state index in [1.54, 1.807) is 24.0 Å². The fraction of sp³-hybridized carbons (Fsp3) is 0.429. The second-order valence-electron chi connectivity index (χ2n) is 4.82. The zero-order valence-corrected chi connectivity index (χ0v) is 12.9. The van der Waals surface area contributed by atoms with E-state index in [9.17, 15) is 9.59 Å². The van der Waals surface area contributed by atoms with Crippen molar-refractivity contribution in [1.82, 2.24) is 4.90 Å². The van der Waals surface area contributed by atoms with E-state index in [0.29, 0.717) is 11.3 Å². The van der Waals surface area contributed by atoms with Crippen molar-refractivity contribution in [3.05, 3.63) is 28.2 Å². The van der Waals surface area contributed by atoms with Crippen LogP contribution in [0.3, 0.4) is 0 Å². The number of carbonyl (C=O) groups is 2. The number of nitrogens with zero attached hydrogens (tertiary/aromatic N) is 1. The Morgan fingerprint density at radius 1 is 1.35 bits per heavy atom. The van der Waals surface area contributed by atoms with Crippen LogP contribution in [-0.2, 0) is 9.53 Å². The van der Waals surface area contributed by atoms with Crippen molar-refractivity contribution in [2.45, 2.75) is 25.9 Å². The Hall–Kier alpha value is -1.56. The molecule has 0 aliphatic carbocycles. The molecule has 1 unspecified atom stereocenters. The van der Waals surface area contributed by atoms with Crippen LogP contribution in [0.2, 0.25) is 0 Å². The molecule has 1 fully saturated rings. The van der Waals surface area contributed by atoms with Gasteiger partial charge in [-0.25, -0.2) is 4.79 Å². The third-order valence-electron chi connectivity index (χ3n) is 3.28. The molecule has 1 aromatic carbocycles. The van der Waals surface area contributed by atoms with Crippen LogP contribution >= 0.6 is 15.9 Å². The van der Waals surface area contributed by atoms with E-state index in [-0.39, 0.29) is 5.91 Å². The van der Waals surface area contributed by atoms with Crippen LogP contribution in [-0.4, -0.2) is 36.0 Å². The smallest absolute Gasteiger partial charge is 0.338 e. The first kappa shape index (κ1) is 14.8. The molecule has 6 heteroatoms. The van der Waals surface area contributed by atoms with Crippen molar-refractivity contribution in [3.8, 4) is 0 Å². The van der Waals surface area contributed by atoms with E-state index in [0.717, 1.165) is 30.4 Å². The number of esters is 1. The number of amides is 1. The van der Waals surface area contributed by atoms with Crippen molar-refractivity contribution < 1.29 is 14.3 Å². The molecule has 1 aromatic rings. The Labute approximate surface area is 126 Å². The minimum Gasteiger partial charge on any atom is -0.449 e. The number of anilines is 1. The predicted octanol–water partition coefficient (Wildman–Crippen LogP) is 2.20. The quantitative estimate of drug-likeness (QED) is 0.676. The minimum atomic E-state index is -0.773. The number of benzene rings is 1. The zero-order chi connectivity index (χ0) is 14.7. The second-order valence-corrected chi connectivity index (χ2v) is 5.67. The summed E-state index contributed by atoms with van der Waals surface area (Å²) in [4.78, 5) is 25.8. The maximum atomic E-state index is 12.0. The number of halogens is 1. The SMILES string of the molecule is CC(OC(=O)c1ccc(Br)c(N)c1)C(=O)N1CCCC1. The van der Waals surface area contributed by atoms with Gasteiger partial charge >= 0.3 is 5.97 Å². The first-order chi connectivity index (χ1) is 9.49. The highest BCUT2D eigenvalue weighted by molar-refractivity contribution is 9.10. The summed E-state index contributed by atoms with van der Waals surface area (Å²) in [5.74, 6) is -0.676. The fourth-order valence-corrected chi connectivity index (χ4v) is 2.39. The normalized spacial score (nSPS) is 16.0. The molecule has 0 aromatic heterocycles. The summed E-state index contributed by atoms with van der Waals surface area (Å²) < 4.78 is 5.92. The Morgan fingerprint density at radius 2 is 2.00 bits per heavy atom. The summed E-state index contributed by atoms with van der Waals surface area (Å²) in [7, 11) is 0. The number of carbonyl (C=O) groups excluding carboxylic acids is 2. The summed E-state index contributed by atoms with van der Waals surface area (Å²) in [5.41, 5.74) is 6.51. The van der Waals surface area contributed by atoms with Crippen LogP contribution in [0.25, 0.3) is 0 Å². The lowest BCUT2D eigenvalue weighted by Crippen LogP contribution is -2.38. The average molecular weight is 341 g/mol. The van der Waals surface area contributed by atoms with Crippen LogP contribution in [0.1, 0.15) is 30.1 Å². The summed E-state index contributed by atoms with van der Waals surface area (Å²) >= 11 is 3.26. The molecular weight excluding hydrogens is 324 g/mol. The fourth-order valence-electron chi connectivity index (χ4n) is 2.14. The molecule has 1 amide bonds. The maximum Gasteiger partial charge on any atom is 0.338 e. The number of hydrogen-bond donors (Lipinski definition) is 1. The van der Waals surface area contributed by atoms with Gasteiger partial charge in [-0.1, -0.05) is 0 Å². The van der Waals surface area contributed by atoms with Gasteiger partial charge in [0.1, 0.15) is 0 Å². The van der Waals surface area contributed by atoms with E-state index in [4.69, 9.17) is 10.5 Å². The highest BCUT2D eigenvalue weighted by Crippen LogP contribution is 2.21. The van der Waals surface area contributed by atoms with Gasteiger partial charge in [-0.2, -0.15) is 0 Å². The van der Waals surface area contributed by atoms with Gasteiger partial charge < -0.3 is 15.4 Å². The number of likely N-dealkylation sites (tertiary alicyclic amines) is 1. The van der Waals surface area contributed by atoms with Gasteiger partial charge in [0.15, 0.2) is 6.10 Å². The molecule has 1 heterocycles. The topological polar surface area (TPSA) is 72.6 Å². The van der Waals surface area contributed by atoms with Gasteiger partial charge in [-0.05, 0) is 53.9 Å². The van der Waals surface area contributed by atoms with Crippen molar-refractivity contribution in [3.63, 3.8) is 0 Å². The molecule has 0 spiro atoms. The summed E-state index contributed by atoms with van der Waals surface area (Å²) in [5, 5.41) is 0. The third kappa shape index (κ3) is 3.30. The lowest BCUT2D eigenvalue weighted by atomic mass is 10.2. The summed E-state index contributed by atoms with van der Waals surface area (Å²) in [6.07, 6.45) is 1.25. The van der Waals surface area contributed by atoms with Gasteiger partial charge in [0.25, 0.3) is 5.91 Å². The van der Waals surface area contributed by atoms with Gasteiger partial charge in [0.2, 0.25) is 0 Å². The molecule has 0 saturated carbocycles. The van der Waals surface area contributed by atoms with Crippen molar-refractivity contribution >= 4 is 33.5 Å². The van der Waals surface area contributed by atoms with Crippen LogP contribution in [0.4, 0.5) is 5.69 Å². The highest BCUT2D eigenvalue weighted by atomic mass is 79.9. The molecular formula is C14H17BrN2O3. The molecule has 0 bridgehead atoms. The number of rotatable bonds is 3. The molecule has 1 atom stereocenters. The van der Waals surface area contributed by atoms with Crippen molar-refractivity contribution in [2.75, 3.05) is 18.8 Å². The lowest BCUT2D eigenvalue weighted by Gasteiger charge is -2.20. The van der Waals surface area contributed by atoms with Gasteiger partial charge in [-0.3, -0.25) is 4.79 Å². The average Bonchev–Trinajstić information content (AvgIpc) is 2.94. The Kier molecular flexibility index (Phi) is 4.65. The van der Waals surface area contributed by atoms with E-state index in [1.807, 2.05) is 0 Å². The first-order valence-corrected chi connectivity index (χ1v) is 7.33. The van der Waals surface area contributed by atoms with E-state index < -0.39 is 12.1 Å². The van der Waals surface area contributed by atoms with Crippen LogP contribution in [0.15, 0.2) is 22.7 Å². The second kappa shape index (κ2) is 6.26. The highest BCUT2D eigenvalue weighted by Gasteiger charge is 2.26. The molecule has 2 N–H and O–H groups in total. The largest absolute Gasteiger partial charge is 0.449 e. The van der Waals surface area contributed by atoms with Gasteiger partial charge in [0, 0.05) is 23.2 Å². The van der Waals surface area contributed by atoms with Crippen molar-refractivity contribution in [1.29, 1.82) is 0 Å². The summed E-state index contributed by atoms with van der Waals surface area (Å²) in [6.45, 7) is 3.08. The monoisotopic (exact) mass is 340 g/mol. The lowest BCUT2D eigenvalue weighted by molar-refractivity contribution is -0.138. The van der Waals surface area contributed by atoms with Gasteiger partial charge in [0.05, 0.1) is 5.56 Å². The van der Waals surface area contributed by atoms with Gasteiger partial charge in [-0.15, -0.1) is 0 Å². The van der Waals surface area contributed by atoms with E-state index >= 15 is 0 Å². The molecule has 108 valence electrons. The molecule has 20 heavy (non-hydrogen) atoms. The maximum absolute atomic E-state index is 12.0. The molecule has 5 nitrogen and oxygen atoms in total.